The average Bonchev–Trinajstić information content (AvgIpc) is 2.46. The van der Waals surface area contributed by atoms with Gasteiger partial charge in [0.1, 0.15) is 5.60 Å². The molecular weight excluding hydrogens is 330 g/mol. The van der Waals surface area contributed by atoms with Crippen LogP contribution >= 0.6 is 12.2 Å². The number of thiocarbonyl (C=S) groups is 1. The van der Waals surface area contributed by atoms with Crippen molar-refractivity contribution in [2.24, 2.45) is 17.0 Å². The van der Waals surface area contributed by atoms with Gasteiger partial charge in [0.25, 0.3) is 0 Å². The Morgan fingerprint density at radius 2 is 1.67 bits per heavy atom. The number of anilines is 1. The summed E-state index contributed by atoms with van der Waals surface area (Å²) in [6.07, 6.45) is 0.0747. The Labute approximate surface area is 146 Å². The van der Waals surface area contributed by atoms with E-state index in [0.717, 1.165) is 5.56 Å². The first kappa shape index (κ1) is 19.9. The van der Waals surface area contributed by atoms with Gasteiger partial charge in [-0.2, -0.15) is 5.90 Å². The first-order valence-electron chi connectivity index (χ1n) is 7.28. The zero-order valence-electron chi connectivity index (χ0n) is 14.2. The van der Waals surface area contributed by atoms with Crippen LogP contribution in [0.3, 0.4) is 0 Å². The summed E-state index contributed by atoms with van der Waals surface area (Å²) in [6, 6.07) is 6.95. The molecule has 1 aromatic carbocycles. The molecule has 7 nitrogen and oxygen atoms in total. The van der Waals surface area contributed by atoms with Crippen LogP contribution < -0.4 is 16.9 Å². The lowest BCUT2D eigenvalue weighted by molar-refractivity contribution is -0.178. The van der Waals surface area contributed by atoms with Gasteiger partial charge in [0.15, 0.2) is 10.5 Å². The van der Waals surface area contributed by atoms with Gasteiger partial charge in [0, 0.05) is 5.69 Å². The number of esters is 1. The van der Waals surface area contributed by atoms with Gasteiger partial charge in [0.05, 0.1) is 0 Å². The van der Waals surface area contributed by atoms with E-state index in [4.69, 9.17) is 28.6 Å². The Morgan fingerprint density at radius 3 is 2.08 bits per heavy atom. The maximum absolute atomic E-state index is 12.5. The minimum atomic E-state index is -1.56. The van der Waals surface area contributed by atoms with E-state index in [1.54, 1.807) is 45.0 Å². The molecule has 1 rings (SSSR count). The zero-order valence-corrected chi connectivity index (χ0v) is 15.0. The first-order valence-corrected chi connectivity index (χ1v) is 7.69. The monoisotopic (exact) mass is 353 g/mol. The molecule has 0 spiro atoms. The molecule has 24 heavy (non-hydrogen) atoms. The largest absolute Gasteiger partial charge is 0.459 e. The number of hydrogen-bond acceptors (Lipinski definition) is 6. The lowest BCUT2D eigenvalue weighted by atomic mass is 9.83. The van der Waals surface area contributed by atoms with Crippen molar-refractivity contribution >= 4 is 35.0 Å². The van der Waals surface area contributed by atoms with E-state index in [-0.39, 0.29) is 11.5 Å². The summed E-state index contributed by atoms with van der Waals surface area (Å²) < 4.78 is 5.33. The summed E-state index contributed by atoms with van der Waals surface area (Å²) in [5.74, 6) is 3.44. The maximum Gasteiger partial charge on any atom is 0.341 e. The van der Waals surface area contributed by atoms with E-state index >= 15 is 0 Å². The van der Waals surface area contributed by atoms with Crippen molar-refractivity contribution in [1.29, 1.82) is 0 Å². The second kappa shape index (κ2) is 7.59. The second-order valence-corrected chi connectivity index (χ2v) is 7.04. The fourth-order valence-electron chi connectivity index (χ4n) is 2.00. The highest BCUT2D eigenvalue weighted by atomic mass is 32.1. The lowest BCUT2D eigenvalue weighted by Gasteiger charge is -2.29. The van der Waals surface area contributed by atoms with Crippen molar-refractivity contribution in [2.75, 3.05) is 5.32 Å². The molecule has 1 atom stereocenters. The standard InChI is InChI=1S/C16H23N3O4S/c1-15(2,3)22-12(20)16(4,13(21)23-18)9-10-5-7-11(8-6-10)19-14(17)24/h5-8H,9,18H2,1-4H3,(H3,17,19,24). The van der Waals surface area contributed by atoms with Gasteiger partial charge in [-0.15, -0.1) is 0 Å². The molecule has 0 aliphatic carbocycles. The second-order valence-electron chi connectivity index (χ2n) is 6.60. The molecule has 8 heteroatoms. The van der Waals surface area contributed by atoms with Crippen molar-refractivity contribution < 1.29 is 19.2 Å². The quantitative estimate of drug-likeness (QED) is 0.317. The van der Waals surface area contributed by atoms with Gasteiger partial charge < -0.3 is 20.6 Å². The fraction of sp³-hybridized carbons (Fsp3) is 0.438. The van der Waals surface area contributed by atoms with E-state index in [1.165, 1.54) is 6.92 Å². The summed E-state index contributed by atoms with van der Waals surface area (Å²) in [6.45, 7) is 6.59. The Bertz CT molecular complexity index is 625. The smallest absolute Gasteiger partial charge is 0.341 e. The van der Waals surface area contributed by atoms with E-state index in [2.05, 4.69) is 10.2 Å². The third-order valence-electron chi connectivity index (χ3n) is 3.19. The number of nitrogens with one attached hydrogen (secondary N) is 1. The van der Waals surface area contributed by atoms with Crippen LogP contribution in [0.15, 0.2) is 24.3 Å². The van der Waals surface area contributed by atoms with E-state index < -0.39 is 23.0 Å². The van der Waals surface area contributed by atoms with Crippen molar-refractivity contribution in [3.05, 3.63) is 29.8 Å². The predicted octanol–water partition coefficient (Wildman–Crippen LogP) is 1.65. The highest BCUT2D eigenvalue weighted by Crippen LogP contribution is 2.28. The Morgan fingerprint density at radius 1 is 1.12 bits per heavy atom. The maximum atomic E-state index is 12.5. The van der Waals surface area contributed by atoms with E-state index in [0.29, 0.717) is 5.69 Å². The van der Waals surface area contributed by atoms with Gasteiger partial charge in [-0.25, -0.2) is 4.79 Å². The van der Waals surface area contributed by atoms with Crippen LogP contribution in [-0.2, 0) is 25.6 Å². The van der Waals surface area contributed by atoms with Crippen LogP contribution in [0.5, 0.6) is 0 Å². The molecule has 132 valence electrons. The van der Waals surface area contributed by atoms with Gasteiger partial charge >= 0.3 is 11.9 Å². The summed E-state index contributed by atoms with van der Waals surface area (Å²) in [5.41, 5.74) is 4.54. The van der Waals surface area contributed by atoms with Gasteiger partial charge in [0.2, 0.25) is 0 Å². The highest BCUT2D eigenvalue weighted by Gasteiger charge is 2.46. The van der Waals surface area contributed by atoms with Crippen LogP contribution in [0.2, 0.25) is 0 Å². The number of ether oxygens (including phenoxy) is 1. The number of benzene rings is 1. The molecule has 0 fully saturated rings. The molecule has 0 radical (unpaired) electrons. The Kier molecular flexibility index (Phi) is 6.28. The summed E-state index contributed by atoms with van der Waals surface area (Å²) in [5, 5.41) is 2.93. The predicted molar refractivity (Wildman–Crippen MR) is 94.8 cm³/mol. The normalized spacial score (nSPS) is 13.5. The molecule has 1 aromatic rings. The molecule has 0 saturated heterocycles. The highest BCUT2D eigenvalue weighted by molar-refractivity contribution is 7.80. The number of carbonyl (C=O) groups excluding carboxylic acids is 2. The zero-order chi connectivity index (χ0) is 18.5. The van der Waals surface area contributed by atoms with Crippen molar-refractivity contribution in [3.8, 4) is 0 Å². The third-order valence-corrected chi connectivity index (χ3v) is 3.29. The number of hydrogen-bond donors (Lipinski definition) is 3. The Balaban J connectivity index is 3.03. The van der Waals surface area contributed by atoms with Gasteiger partial charge in [-0.3, -0.25) is 4.79 Å². The lowest BCUT2D eigenvalue weighted by Crippen LogP contribution is -2.44. The van der Waals surface area contributed by atoms with Crippen LogP contribution in [0.1, 0.15) is 33.3 Å². The number of carbonyl (C=O) groups is 2. The first-order chi connectivity index (χ1) is 11.0. The van der Waals surface area contributed by atoms with Crippen molar-refractivity contribution in [2.45, 2.75) is 39.7 Å². The van der Waals surface area contributed by atoms with Crippen LogP contribution in [-0.4, -0.2) is 22.7 Å². The number of nitrogens with two attached hydrogens (primary N) is 2. The summed E-state index contributed by atoms with van der Waals surface area (Å²) in [7, 11) is 0. The molecule has 0 aromatic heterocycles. The van der Waals surface area contributed by atoms with E-state index in [9.17, 15) is 9.59 Å². The topological polar surface area (TPSA) is 117 Å². The van der Waals surface area contributed by atoms with Crippen molar-refractivity contribution in [1.82, 2.24) is 0 Å². The minimum Gasteiger partial charge on any atom is -0.459 e. The molecule has 1 unspecified atom stereocenters. The van der Waals surface area contributed by atoms with Crippen LogP contribution in [0, 0.1) is 5.41 Å². The summed E-state index contributed by atoms with van der Waals surface area (Å²) >= 11 is 4.76. The minimum absolute atomic E-state index is 0.0747. The van der Waals surface area contributed by atoms with Gasteiger partial charge in [-0.05, 0) is 64.0 Å². The molecule has 0 aliphatic rings. The van der Waals surface area contributed by atoms with Crippen LogP contribution in [0.4, 0.5) is 5.69 Å². The number of rotatable bonds is 5. The van der Waals surface area contributed by atoms with E-state index in [1.807, 2.05) is 0 Å². The molecule has 0 saturated carbocycles. The third kappa shape index (κ3) is 5.47. The van der Waals surface area contributed by atoms with Crippen LogP contribution in [0.25, 0.3) is 0 Å². The molecular formula is C16H23N3O4S. The van der Waals surface area contributed by atoms with Crippen molar-refractivity contribution in [3.63, 3.8) is 0 Å². The molecule has 5 N–H and O–H groups in total. The SMILES string of the molecule is CC(C)(C)OC(=O)C(C)(Cc1ccc(NC(N)=S)cc1)C(=O)ON. The Hall–Kier alpha value is -2.19. The summed E-state index contributed by atoms with van der Waals surface area (Å²) in [4.78, 5) is 28.9. The molecule has 0 bridgehead atoms. The average molecular weight is 353 g/mol. The molecule has 0 heterocycles. The fourth-order valence-corrected chi connectivity index (χ4v) is 2.12. The van der Waals surface area contributed by atoms with Gasteiger partial charge in [-0.1, -0.05) is 12.1 Å². The molecule has 0 amide bonds. The molecule has 0 aliphatic heterocycles.